The van der Waals surface area contributed by atoms with Gasteiger partial charge in [0.2, 0.25) is 0 Å². The van der Waals surface area contributed by atoms with Gasteiger partial charge in [0, 0.05) is 11.4 Å². The molecule has 0 spiro atoms. The maximum Gasteiger partial charge on any atom is 0.250 e. The van der Waals surface area contributed by atoms with Crippen molar-refractivity contribution in [2.24, 2.45) is 5.10 Å². The van der Waals surface area contributed by atoms with E-state index in [0.717, 1.165) is 29.1 Å². The van der Waals surface area contributed by atoms with Gasteiger partial charge in [0.25, 0.3) is 5.91 Å². The first-order chi connectivity index (χ1) is 12.1. The Morgan fingerprint density at radius 2 is 1.92 bits per heavy atom. The van der Waals surface area contributed by atoms with Crippen LogP contribution in [0.5, 0.6) is 5.75 Å². The number of rotatable bonds is 8. The largest absolute Gasteiger partial charge is 0.494 e. The number of amides is 1. The summed E-state index contributed by atoms with van der Waals surface area (Å²) in [6.07, 6.45) is 2.57. The molecule has 2 aromatic rings. The number of nitrogens with one attached hydrogen (secondary N) is 1. The van der Waals surface area contributed by atoms with Gasteiger partial charge in [-0.1, -0.05) is 18.7 Å². The molecule has 7 heteroatoms. The molecule has 0 unspecified atom stereocenters. The minimum atomic E-state index is -0.202. The van der Waals surface area contributed by atoms with E-state index in [2.05, 4.69) is 27.4 Å². The van der Waals surface area contributed by atoms with Crippen molar-refractivity contribution in [2.75, 3.05) is 12.4 Å². The molecule has 0 radical (unpaired) electrons. The molecule has 0 saturated carbocycles. The molecule has 0 fully saturated rings. The van der Waals surface area contributed by atoms with Crippen molar-refractivity contribution >= 4 is 23.9 Å². The van der Waals surface area contributed by atoms with Gasteiger partial charge < -0.3 is 4.74 Å². The Hall–Kier alpha value is -2.41. The summed E-state index contributed by atoms with van der Waals surface area (Å²) in [5, 5.41) is 4.56. The maximum absolute atomic E-state index is 11.8. The minimum Gasteiger partial charge on any atom is -0.494 e. The predicted octanol–water partition coefficient (Wildman–Crippen LogP) is 3.12. The molecule has 132 valence electrons. The maximum atomic E-state index is 11.8. The Kier molecular flexibility index (Phi) is 7.40. The molecule has 2 rings (SSSR count). The summed E-state index contributed by atoms with van der Waals surface area (Å²) < 4.78 is 5.51. The summed E-state index contributed by atoms with van der Waals surface area (Å²) in [4.78, 5) is 20.4. The molecule has 1 aromatic carbocycles. The average molecular weight is 358 g/mol. The number of hydrogen-bond donors (Lipinski definition) is 1. The first kappa shape index (κ1) is 18.9. The predicted molar refractivity (Wildman–Crippen MR) is 100 cm³/mol. The van der Waals surface area contributed by atoms with E-state index in [1.807, 2.05) is 44.2 Å². The number of hydrogen-bond acceptors (Lipinski definition) is 6. The van der Waals surface area contributed by atoms with Crippen LogP contribution in [0.3, 0.4) is 0 Å². The Labute approximate surface area is 152 Å². The van der Waals surface area contributed by atoms with Crippen molar-refractivity contribution in [1.82, 2.24) is 15.4 Å². The first-order valence-electron chi connectivity index (χ1n) is 8.06. The third-order valence-electron chi connectivity index (χ3n) is 3.05. The van der Waals surface area contributed by atoms with E-state index in [9.17, 15) is 4.79 Å². The summed E-state index contributed by atoms with van der Waals surface area (Å²) in [7, 11) is 0. The lowest BCUT2D eigenvalue weighted by Gasteiger charge is -2.04. The zero-order chi connectivity index (χ0) is 18.1. The van der Waals surface area contributed by atoms with Gasteiger partial charge in [-0.05, 0) is 56.2 Å². The van der Waals surface area contributed by atoms with Crippen molar-refractivity contribution in [3.05, 3.63) is 47.3 Å². The van der Waals surface area contributed by atoms with Crippen LogP contribution in [0.15, 0.2) is 40.6 Å². The fourth-order valence-corrected chi connectivity index (χ4v) is 2.71. The van der Waals surface area contributed by atoms with Crippen LogP contribution in [-0.2, 0) is 4.79 Å². The molecular weight excluding hydrogens is 336 g/mol. The molecule has 0 aliphatic heterocycles. The molecule has 0 saturated heterocycles. The van der Waals surface area contributed by atoms with Crippen LogP contribution >= 0.6 is 11.8 Å². The highest BCUT2D eigenvalue weighted by atomic mass is 32.2. The van der Waals surface area contributed by atoms with Crippen LogP contribution in [0.25, 0.3) is 0 Å². The molecule has 1 N–H and O–H groups in total. The van der Waals surface area contributed by atoms with Gasteiger partial charge in [0.1, 0.15) is 5.75 Å². The Morgan fingerprint density at radius 3 is 2.56 bits per heavy atom. The quantitative estimate of drug-likeness (QED) is 0.340. The van der Waals surface area contributed by atoms with Crippen molar-refractivity contribution in [2.45, 2.75) is 32.3 Å². The number of hydrazone groups is 1. The SMILES string of the molecule is CCCOc1ccc(/C=N\NC(=O)CSc2nc(C)cc(C)n2)cc1. The molecule has 1 amide bonds. The van der Waals surface area contributed by atoms with E-state index in [1.165, 1.54) is 11.8 Å². The lowest BCUT2D eigenvalue weighted by Crippen LogP contribution is -2.19. The van der Waals surface area contributed by atoms with E-state index in [4.69, 9.17) is 4.74 Å². The van der Waals surface area contributed by atoms with E-state index in [0.29, 0.717) is 11.8 Å². The van der Waals surface area contributed by atoms with Gasteiger partial charge in [0.15, 0.2) is 5.16 Å². The molecule has 1 aromatic heterocycles. The summed E-state index contributed by atoms with van der Waals surface area (Å²) in [6, 6.07) is 9.43. The highest BCUT2D eigenvalue weighted by molar-refractivity contribution is 7.99. The van der Waals surface area contributed by atoms with E-state index >= 15 is 0 Å². The number of carbonyl (C=O) groups excluding carboxylic acids is 1. The van der Waals surface area contributed by atoms with Gasteiger partial charge in [-0.3, -0.25) is 4.79 Å². The fourth-order valence-electron chi connectivity index (χ4n) is 1.97. The highest BCUT2D eigenvalue weighted by Gasteiger charge is 2.05. The second kappa shape index (κ2) is 9.78. The number of thioether (sulfide) groups is 1. The summed E-state index contributed by atoms with van der Waals surface area (Å²) in [6.45, 7) is 6.57. The highest BCUT2D eigenvalue weighted by Crippen LogP contribution is 2.13. The Bertz CT molecular complexity index is 712. The van der Waals surface area contributed by atoms with Gasteiger partial charge in [-0.15, -0.1) is 0 Å². The number of benzene rings is 1. The van der Waals surface area contributed by atoms with Crippen LogP contribution in [0.1, 0.15) is 30.3 Å². The molecule has 1 heterocycles. The lowest BCUT2D eigenvalue weighted by atomic mass is 10.2. The van der Waals surface area contributed by atoms with Crippen LogP contribution in [0.2, 0.25) is 0 Å². The Balaban J connectivity index is 1.78. The van der Waals surface area contributed by atoms with Gasteiger partial charge in [0.05, 0.1) is 18.6 Å². The number of carbonyl (C=O) groups is 1. The third-order valence-corrected chi connectivity index (χ3v) is 3.90. The normalized spacial score (nSPS) is 10.8. The smallest absolute Gasteiger partial charge is 0.250 e. The zero-order valence-corrected chi connectivity index (χ0v) is 15.5. The summed E-state index contributed by atoms with van der Waals surface area (Å²) in [5.74, 6) is 0.837. The second-order valence-corrected chi connectivity index (χ2v) is 6.38. The second-order valence-electron chi connectivity index (χ2n) is 5.43. The van der Waals surface area contributed by atoms with Crippen molar-refractivity contribution in [1.29, 1.82) is 0 Å². The van der Waals surface area contributed by atoms with Crippen LogP contribution in [0.4, 0.5) is 0 Å². The van der Waals surface area contributed by atoms with Gasteiger partial charge in [-0.2, -0.15) is 5.10 Å². The molecule has 6 nitrogen and oxygen atoms in total. The van der Waals surface area contributed by atoms with E-state index in [-0.39, 0.29) is 11.7 Å². The number of aryl methyl sites for hydroxylation is 2. The van der Waals surface area contributed by atoms with Crippen LogP contribution < -0.4 is 10.2 Å². The van der Waals surface area contributed by atoms with Crippen LogP contribution in [0, 0.1) is 13.8 Å². The molecule has 0 aliphatic carbocycles. The molecule has 0 bridgehead atoms. The molecular formula is C18H22N4O2S. The molecule has 25 heavy (non-hydrogen) atoms. The molecule has 0 atom stereocenters. The average Bonchev–Trinajstić information content (AvgIpc) is 2.58. The minimum absolute atomic E-state index is 0.202. The van der Waals surface area contributed by atoms with Crippen molar-refractivity contribution < 1.29 is 9.53 Å². The van der Waals surface area contributed by atoms with Crippen molar-refractivity contribution in [3.63, 3.8) is 0 Å². The Morgan fingerprint density at radius 1 is 1.24 bits per heavy atom. The number of aromatic nitrogens is 2. The van der Waals surface area contributed by atoms with E-state index in [1.54, 1.807) is 6.21 Å². The van der Waals surface area contributed by atoms with Crippen LogP contribution in [-0.4, -0.2) is 34.4 Å². The van der Waals surface area contributed by atoms with Gasteiger partial charge in [-0.25, -0.2) is 15.4 Å². The number of ether oxygens (including phenoxy) is 1. The summed E-state index contributed by atoms with van der Waals surface area (Å²) >= 11 is 1.29. The third kappa shape index (κ3) is 6.93. The van der Waals surface area contributed by atoms with E-state index < -0.39 is 0 Å². The number of nitrogens with zero attached hydrogens (tertiary/aromatic N) is 3. The fraction of sp³-hybridized carbons (Fsp3) is 0.333. The standard InChI is InChI=1S/C18H22N4O2S/c1-4-9-24-16-7-5-15(6-8-16)11-19-22-17(23)12-25-18-20-13(2)10-14(3)21-18/h5-8,10-11H,4,9,12H2,1-3H3,(H,22,23)/b19-11-. The summed E-state index contributed by atoms with van der Waals surface area (Å²) in [5.41, 5.74) is 5.16. The van der Waals surface area contributed by atoms with Gasteiger partial charge >= 0.3 is 0 Å². The van der Waals surface area contributed by atoms with Crippen molar-refractivity contribution in [3.8, 4) is 5.75 Å². The first-order valence-corrected chi connectivity index (χ1v) is 9.05. The zero-order valence-electron chi connectivity index (χ0n) is 14.7. The topological polar surface area (TPSA) is 76.5 Å². The monoisotopic (exact) mass is 358 g/mol. The molecule has 0 aliphatic rings. The lowest BCUT2D eigenvalue weighted by molar-refractivity contribution is -0.118.